The first-order valence-corrected chi connectivity index (χ1v) is 14.8. The smallest absolute Gasteiger partial charge is 0.234 e. The molecule has 2 unspecified atom stereocenters. The lowest BCUT2D eigenvalue weighted by Gasteiger charge is -2.49. The highest BCUT2D eigenvalue weighted by Gasteiger charge is 2.49. The van der Waals surface area contributed by atoms with E-state index in [0.717, 1.165) is 73.8 Å². The summed E-state index contributed by atoms with van der Waals surface area (Å²) in [5.74, 6) is 4.06. The molecule has 4 aliphatic carbocycles. The van der Waals surface area contributed by atoms with Gasteiger partial charge in [-0.15, -0.1) is 10.2 Å². The number of benzene rings is 1. The Labute approximate surface area is 218 Å². The van der Waals surface area contributed by atoms with Crippen LogP contribution in [0.2, 0.25) is 0 Å². The number of thioether (sulfide) groups is 1. The Kier molecular flexibility index (Phi) is 7.10. The standard InChI is InChI=1S/C28H39N5O2S/c1-2-33-25(18-32-9-11-35-12-10-32)30-31-27(33)36-19-26(34)29-24-7-5-23(6-8-24)28-15-20-3-4-21(16-28)14-22(13-20)17-28/h5-8,20-22H,2-4,9-19H2,1H3,(H,29,34). The van der Waals surface area contributed by atoms with Crippen molar-refractivity contribution in [3.8, 4) is 0 Å². The van der Waals surface area contributed by atoms with E-state index in [4.69, 9.17) is 4.74 Å². The number of nitrogens with one attached hydrogen (secondary N) is 1. The van der Waals surface area contributed by atoms with E-state index < -0.39 is 0 Å². The van der Waals surface area contributed by atoms with Crippen molar-refractivity contribution in [2.75, 3.05) is 37.4 Å². The molecule has 36 heavy (non-hydrogen) atoms. The van der Waals surface area contributed by atoms with Gasteiger partial charge in [0.1, 0.15) is 5.82 Å². The summed E-state index contributed by atoms with van der Waals surface area (Å²) < 4.78 is 7.57. The second kappa shape index (κ2) is 10.5. The molecule has 2 heterocycles. The Bertz CT molecular complexity index is 1050. The number of anilines is 1. The quantitative estimate of drug-likeness (QED) is 0.519. The fourth-order valence-electron chi connectivity index (χ4n) is 7.60. The van der Waals surface area contributed by atoms with E-state index in [2.05, 4.69) is 56.2 Å². The highest BCUT2D eigenvalue weighted by atomic mass is 32.2. The molecular formula is C28H39N5O2S. The Balaban J connectivity index is 1.05. The average Bonchev–Trinajstić information content (AvgIpc) is 3.14. The third-order valence-electron chi connectivity index (χ3n) is 9.05. The first-order valence-electron chi connectivity index (χ1n) is 13.9. The summed E-state index contributed by atoms with van der Waals surface area (Å²) in [6.45, 7) is 7.04. The van der Waals surface area contributed by atoms with Gasteiger partial charge in [0.15, 0.2) is 5.16 Å². The van der Waals surface area contributed by atoms with Gasteiger partial charge >= 0.3 is 0 Å². The minimum absolute atomic E-state index is 0.000244. The lowest BCUT2D eigenvalue weighted by molar-refractivity contribution is -0.113. The maximum absolute atomic E-state index is 12.7. The summed E-state index contributed by atoms with van der Waals surface area (Å²) in [5, 5.41) is 12.7. The molecule has 8 heteroatoms. The van der Waals surface area contributed by atoms with Crippen molar-refractivity contribution < 1.29 is 9.53 Å². The first-order chi connectivity index (χ1) is 17.6. The van der Waals surface area contributed by atoms with Crippen LogP contribution < -0.4 is 5.32 Å². The van der Waals surface area contributed by atoms with Crippen molar-refractivity contribution in [1.82, 2.24) is 19.7 Å². The molecule has 1 aliphatic heterocycles. The van der Waals surface area contributed by atoms with Gasteiger partial charge in [-0.3, -0.25) is 9.69 Å². The molecule has 1 saturated heterocycles. The van der Waals surface area contributed by atoms with Gasteiger partial charge in [0, 0.05) is 25.3 Å². The van der Waals surface area contributed by atoms with E-state index in [-0.39, 0.29) is 5.91 Å². The molecule has 5 fully saturated rings. The maximum atomic E-state index is 12.7. The number of aromatic nitrogens is 3. The number of nitrogens with zero attached hydrogens (tertiary/aromatic N) is 4. The van der Waals surface area contributed by atoms with Gasteiger partial charge < -0.3 is 14.6 Å². The molecule has 1 N–H and O–H groups in total. The zero-order chi connectivity index (χ0) is 24.5. The van der Waals surface area contributed by atoms with E-state index in [0.29, 0.717) is 11.2 Å². The van der Waals surface area contributed by atoms with E-state index in [1.54, 1.807) is 0 Å². The molecule has 1 amide bonds. The van der Waals surface area contributed by atoms with Crippen LogP contribution in [-0.4, -0.2) is 57.6 Å². The third kappa shape index (κ3) is 5.09. The van der Waals surface area contributed by atoms with E-state index in [1.165, 1.54) is 62.3 Å². The molecule has 0 radical (unpaired) electrons. The summed E-state index contributed by atoms with van der Waals surface area (Å²) >= 11 is 1.46. The molecular weight excluding hydrogens is 470 g/mol. The zero-order valence-electron chi connectivity index (χ0n) is 21.5. The monoisotopic (exact) mass is 509 g/mol. The summed E-state index contributed by atoms with van der Waals surface area (Å²) in [7, 11) is 0. The maximum Gasteiger partial charge on any atom is 0.234 e. The van der Waals surface area contributed by atoms with Gasteiger partial charge in [-0.25, -0.2) is 0 Å². The van der Waals surface area contributed by atoms with Crippen molar-refractivity contribution >= 4 is 23.4 Å². The van der Waals surface area contributed by atoms with Crippen LogP contribution in [0.5, 0.6) is 0 Å². The second-order valence-corrected chi connectivity index (χ2v) is 12.4. The lowest BCUT2D eigenvalue weighted by atomic mass is 9.56. The van der Waals surface area contributed by atoms with Gasteiger partial charge in [0.05, 0.1) is 25.5 Å². The van der Waals surface area contributed by atoms with Gasteiger partial charge in [0.2, 0.25) is 5.91 Å². The van der Waals surface area contributed by atoms with Crippen molar-refractivity contribution in [2.45, 2.75) is 75.5 Å². The third-order valence-corrected chi connectivity index (χ3v) is 10.0. The number of rotatable bonds is 8. The Morgan fingerprint density at radius 1 is 1.06 bits per heavy atom. The summed E-state index contributed by atoms with van der Waals surface area (Å²) in [4.78, 5) is 15.1. The number of ether oxygens (including phenoxy) is 1. The summed E-state index contributed by atoms with van der Waals surface area (Å²) in [6.07, 6.45) is 9.91. The topological polar surface area (TPSA) is 72.3 Å². The average molecular weight is 510 g/mol. The van der Waals surface area contributed by atoms with Crippen LogP contribution in [0.1, 0.15) is 63.3 Å². The molecule has 1 aromatic heterocycles. The van der Waals surface area contributed by atoms with E-state index in [1.807, 2.05) is 0 Å². The fraction of sp³-hybridized carbons (Fsp3) is 0.679. The van der Waals surface area contributed by atoms with Gasteiger partial charge in [0.25, 0.3) is 0 Å². The van der Waals surface area contributed by atoms with Crippen LogP contribution in [0, 0.1) is 17.8 Å². The van der Waals surface area contributed by atoms with Crippen LogP contribution in [0.25, 0.3) is 0 Å². The van der Waals surface area contributed by atoms with Gasteiger partial charge in [-0.1, -0.05) is 36.7 Å². The molecule has 194 valence electrons. The van der Waals surface area contributed by atoms with Gasteiger partial charge in [-0.2, -0.15) is 0 Å². The number of carbonyl (C=O) groups is 1. The Morgan fingerprint density at radius 2 is 1.75 bits per heavy atom. The predicted octanol–water partition coefficient (Wildman–Crippen LogP) is 4.72. The number of morpholine rings is 1. The summed E-state index contributed by atoms with van der Waals surface area (Å²) in [5.41, 5.74) is 2.77. The molecule has 4 bridgehead atoms. The number of hydrogen-bond acceptors (Lipinski definition) is 6. The highest BCUT2D eigenvalue weighted by Crippen LogP contribution is 2.58. The second-order valence-electron chi connectivity index (χ2n) is 11.5. The molecule has 4 saturated carbocycles. The number of fused-ring (bicyclic) bond motifs is 1. The lowest BCUT2D eigenvalue weighted by Crippen LogP contribution is -2.40. The van der Waals surface area contributed by atoms with Crippen molar-refractivity contribution in [1.29, 1.82) is 0 Å². The van der Waals surface area contributed by atoms with Crippen LogP contribution in [0.3, 0.4) is 0 Å². The normalized spacial score (nSPS) is 29.9. The Morgan fingerprint density at radius 3 is 2.44 bits per heavy atom. The molecule has 7 nitrogen and oxygen atoms in total. The van der Waals surface area contributed by atoms with Crippen molar-refractivity contribution in [3.05, 3.63) is 35.7 Å². The van der Waals surface area contributed by atoms with E-state index >= 15 is 0 Å². The van der Waals surface area contributed by atoms with Crippen molar-refractivity contribution in [2.24, 2.45) is 17.8 Å². The van der Waals surface area contributed by atoms with Crippen molar-refractivity contribution in [3.63, 3.8) is 0 Å². The summed E-state index contributed by atoms with van der Waals surface area (Å²) in [6, 6.07) is 8.81. The molecule has 7 rings (SSSR count). The van der Waals surface area contributed by atoms with Crippen LogP contribution in [0.4, 0.5) is 5.69 Å². The zero-order valence-corrected chi connectivity index (χ0v) is 22.3. The van der Waals surface area contributed by atoms with Gasteiger partial charge in [-0.05, 0) is 79.9 Å². The molecule has 2 aromatic rings. The molecule has 2 atom stereocenters. The minimum atomic E-state index is -0.000244. The molecule has 1 aromatic carbocycles. The SMILES string of the molecule is CCn1c(CN2CCOCC2)nnc1SCC(=O)Nc1ccc(C23CC4CCC(CC(C4)C2)C3)cc1. The number of carbonyl (C=O) groups excluding carboxylic acids is 1. The highest BCUT2D eigenvalue weighted by molar-refractivity contribution is 7.99. The van der Waals surface area contributed by atoms with Crippen LogP contribution >= 0.6 is 11.8 Å². The van der Waals surface area contributed by atoms with Crippen LogP contribution in [-0.2, 0) is 28.0 Å². The Hall–Kier alpha value is -1.90. The van der Waals surface area contributed by atoms with E-state index in [9.17, 15) is 4.79 Å². The molecule has 5 aliphatic rings. The minimum Gasteiger partial charge on any atom is -0.379 e. The van der Waals surface area contributed by atoms with Crippen LogP contribution in [0.15, 0.2) is 29.4 Å². The number of hydrogen-bond donors (Lipinski definition) is 1. The first kappa shape index (κ1) is 24.4. The fourth-order valence-corrected chi connectivity index (χ4v) is 8.42. The number of amides is 1. The largest absolute Gasteiger partial charge is 0.379 e. The predicted molar refractivity (Wildman–Crippen MR) is 142 cm³/mol. The molecule has 0 spiro atoms.